The lowest BCUT2D eigenvalue weighted by Gasteiger charge is -2.36. The lowest BCUT2D eigenvalue weighted by atomic mass is 10.0. The summed E-state index contributed by atoms with van der Waals surface area (Å²) < 4.78 is 5.41. The molecular weight excluding hydrogens is 206 g/mol. The van der Waals surface area contributed by atoms with Crippen LogP contribution in [0, 0.1) is 0 Å². The van der Waals surface area contributed by atoms with Gasteiger partial charge in [-0.05, 0) is 12.8 Å². The highest BCUT2D eigenvalue weighted by molar-refractivity contribution is 5.84. The van der Waals surface area contributed by atoms with Crippen LogP contribution in [0.4, 0.5) is 0 Å². The number of hydrogen-bond acceptors (Lipinski definition) is 4. The molecule has 4 nitrogen and oxygen atoms in total. The Labute approximate surface area is 96.6 Å². The van der Waals surface area contributed by atoms with Gasteiger partial charge >= 0.3 is 0 Å². The van der Waals surface area contributed by atoms with Gasteiger partial charge in [0.05, 0.1) is 25.4 Å². The highest BCUT2D eigenvalue weighted by Gasteiger charge is 2.30. The minimum atomic E-state index is -0.107. The highest BCUT2D eigenvalue weighted by atomic mass is 16.5. The second kappa shape index (κ2) is 5.75. The highest BCUT2D eigenvalue weighted by Crippen LogP contribution is 2.21. The van der Waals surface area contributed by atoms with E-state index < -0.39 is 0 Å². The standard InChI is InChI=1S/C12H21NO3/c14-9-10-8-13(6-7-16-10)11-4-2-1-3-5-12(11)15/h10-11,14H,1-9H2. The van der Waals surface area contributed by atoms with Crippen LogP contribution in [-0.4, -0.2) is 54.2 Å². The number of aliphatic hydroxyl groups is 1. The molecule has 1 heterocycles. The van der Waals surface area contributed by atoms with Crippen LogP contribution >= 0.6 is 0 Å². The summed E-state index contributed by atoms with van der Waals surface area (Å²) in [6.07, 6.45) is 4.98. The zero-order valence-corrected chi connectivity index (χ0v) is 9.73. The zero-order chi connectivity index (χ0) is 11.4. The van der Waals surface area contributed by atoms with Crippen LogP contribution in [-0.2, 0) is 9.53 Å². The van der Waals surface area contributed by atoms with Gasteiger partial charge in [-0.15, -0.1) is 0 Å². The van der Waals surface area contributed by atoms with Crippen LogP contribution in [0.15, 0.2) is 0 Å². The van der Waals surface area contributed by atoms with Crippen LogP contribution in [0.3, 0.4) is 0 Å². The molecule has 0 radical (unpaired) electrons. The van der Waals surface area contributed by atoms with Gasteiger partial charge in [0.25, 0.3) is 0 Å². The number of morpholine rings is 1. The maximum atomic E-state index is 12.0. The summed E-state index contributed by atoms with van der Waals surface area (Å²) in [5.74, 6) is 0.385. The molecule has 92 valence electrons. The van der Waals surface area contributed by atoms with E-state index >= 15 is 0 Å². The van der Waals surface area contributed by atoms with E-state index in [4.69, 9.17) is 9.84 Å². The molecule has 16 heavy (non-hydrogen) atoms. The van der Waals surface area contributed by atoms with E-state index in [1.165, 1.54) is 6.42 Å². The van der Waals surface area contributed by atoms with E-state index in [-0.39, 0.29) is 18.8 Å². The van der Waals surface area contributed by atoms with Crippen LogP contribution in [0.2, 0.25) is 0 Å². The summed E-state index contributed by atoms with van der Waals surface area (Å²) in [4.78, 5) is 14.2. The van der Waals surface area contributed by atoms with Crippen molar-refractivity contribution in [2.24, 2.45) is 0 Å². The number of carbonyl (C=O) groups excluding carboxylic acids is 1. The molecule has 0 spiro atoms. The van der Waals surface area contributed by atoms with E-state index in [1.807, 2.05) is 0 Å². The Hall–Kier alpha value is -0.450. The van der Waals surface area contributed by atoms with Crippen molar-refractivity contribution < 1.29 is 14.6 Å². The molecule has 2 atom stereocenters. The molecule has 0 aromatic rings. The quantitative estimate of drug-likeness (QED) is 0.701. The monoisotopic (exact) mass is 227 g/mol. The van der Waals surface area contributed by atoms with E-state index in [1.54, 1.807) is 0 Å². The van der Waals surface area contributed by atoms with Crippen molar-refractivity contribution in [3.63, 3.8) is 0 Å². The Morgan fingerprint density at radius 1 is 1.38 bits per heavy atom. The number of ether oxygens (including phenoxy) is 1. The van der Waals surface area contributed by atoms with Crippen molar-refractivity contribution in [3.05, 3.63) is 0 Å². The molecule has 1 N–H and O–H groups in total. The van der Waals surface area contributed by atoms with Crippen molar-refractivity contribution in [3.8, 4) is 0 Å². The molecule has 0 aromatic heterocycles. The summed E-state index contributed by atoms with van der Waals surface area (Å²) in [6.45, 7) is 2.21. The van der Waals surface area contributed by atoms with Gasteiger partial charge in [-0.2, -0.15) is 0 Å². The molecule has 0 amide bonds. The lowest BCUT2D eigenvalue weighted by Crippen LogP contribution is -2.51. The Kier molecular flexibility index (Phi) is 4.32. The predicted molar refractivity (Wildman–Crippen MR) is 60.3 cm³/mol. The van der Waals surface area contributed by atoms with E-state index in [0.29, 0.717) is 18.9 Å². The van der Waals surface area contributed by atoms with Gasteiger partial charge in [-0.1, -0.05) is 12.8 Å². The average Bonchev–Trinajstić information content (AvgIpc) is 2.54. The third-order valence-electron chi connectivity index (χ3n) is 3.59. The molecule has 1 aliphatic heterocycles. The molecule has 0 aromatic carbocycles. The Bertz CT molecular complexity index is 244. The summed E-state index contributed by atoms with van der Waals surface area (Å²) >= 11 is 0. The fourth-order valence-electron chi connectivity index (χ4n) is 2.66. The summed E-state index contributed by atoms with van der Waals surface area (Å²) in [5, 5.41) is 9.09. The first kappa shape index (κ1) is 12.0. The molecule has 2 fully saturated rings. The fraction of sp³-hybridized carbons (Fsp3) is 0.917. The van der Waals surface area contributed by atoms with Crippen LogP contribution in [0.25, 0.3) is 0 Å². The largest absolute Gasteiger partial charge is 0.394 e. The summed E-state index contributed by atoms with van der Waals surface area (Å²) in [7, 11) is 0. The molecule has 2 aliphatic rings. The minimum absolute atomic E-state index is 0.0530. The third kappa shape index (κ3) is 2.81. The van der Waals surface area contributed by atoms with Gasteiger partial charge < -0.3 is 9.84 Å². The first-order chi connectivity index (χ1) is 7.81. The molecule has 1 saturated heterocycles. The first-order valence-electron chi connectivity index (χ1n) is 6.30. The van der Waals surface area contributed by atoms with Gasteiger partial charge in [0.1, 0.15) is 5.78 Å². The molecule has 2 unspecified atom stereocenters. The molecule has 2 rings (SSSR count). The maximum Gasteiger partial charge on any atom is 0.149 e. The van der Waals surface area contributed by atoms with E-state index in [0.717, 1.165) is 32.2 Å². The van der Waals surface area contributed by atoms with Gasteiger partial charge in [-0.25, -0.2) is 0 Å². The summed E-state index contributed by atoms with van der Waals surface area (Å²) in [6, 6.07) is 0.0837. The van der Waals surface area contributed by atoms with Gasteiger partial charge in [0, 0.05) is 19.5 Å². The SMILES string of the molecule is O=C1CCCCCC1N1CCOC(CO)C1. The number of aliphatic hydroxyl groups excluding tert-OH is 1. The van der Waals surface area contributed by atoms with E-state index in [2.05, 4.69) is 4.90 Å². The summed E-state index contributed by atoms with van der Waals surface area (Å²) in [5.41, 5.74) is 0. The lowest BCUT2D eigenvalue weighted by molar-refractivity contribution is -0.128. The van der Waals surface area contributed by atoms with Crippen molar-refractivity contribution in [2.75, 3.05) is 26.3 Å². The molecule has 1 saturated carbocycles. The topological polar surface area (TPSA) is 49.8 Å². The number of ketones is 1. The molecular formula is C12H21NO3. The Morgan fingerprint density at radius 3 is 3.06 bits per heavy atom. The van der Waals surface area contributed by atoms with Crippen molar-refractivity contribution in [2.45, 2.75) is 44.2 Å². The number of Topliss-reactive ketones (excluding diaryl/α,β-unsaturated/α-hetero) is 1. The normalized spacial score (nSPS) is 33.7. The number of carbonyl (C=O) groups is 1. The second-order valence-electron chi connectivity index (χ2n) is 4.75. The predicted octanol–water partition coefficient (Wildman–Crippen LogP) is 0.581. The fourth-order valence-corrected chi connectivity index (χ4v) is 2.66. The number of rotatable bonds is 2. The van der Waals surface area contributed by atoms with Crippen molar-refractivity contribution in [1.29, 1.82) is 0 Å². The smallest absolute Gasteiger partial charge is 0.149 e. The first-order valence-corrected chi connectivity index (χ1v) is 6.30. The van der Waals surface area contributed by atoms with Gasteiger partial charge in [-0.3, -0.25) is 9.69 Å². The number of nitrogens with zero attached hydrogens (tertiary/aromatic N) is 1. The molecule has 4 heteroatoms. The average molecular weight is 227 g/mol. The van der Waals surface area contributed by atoms with Gasteiger partial charge in [0.15, 0.2) is 0 Å². The van der Waals surface area contributed by atoms with Crippen LogP contribution < -0.4 is 0 Å². The Morgan fingerprint density at radius 2 is 2.25 bits per heavy atom. The van der Waals surface area contributed by atoms with Crippen molar-refractivity contribution in [1.82, 2.24) is 4.90 Å². The second-order valence-corrected chi connectivity index (χ2v) is 4.75. The van der Waals surface area contributed by atoms with Crippen LogP contribution in [0.5, 0.6) is 0 Å². The minimum Gasteiger partial charge on any atom is -0.394 e. The zero-order valence-electron chi connectivity index (χ0n) is 9.73. The van der Waals surface area contributed by atoms with Gasteiger partial charge in [0.2, 0.25) is 0 Å². The third-order valence-corrected chi connectivity index (χ3v) is 3.59. The Balaban J connectivity index is 1.95. The van der Waals surface area contributed by atoms with E-state index in [9.17, 15) is 4.79 Å². The maximum absolute atomic E-state index is 12.0. The molecule has 0 bridgehead atoms. The number of hydrogen-bond donors (Lipinski definition) is 1. The molecule has 1 aliphatic carbocycles. The van der Waals surface area contributed by atoms with Crippen LogP contribution in [0.1, 0.15) is 32.1 Å². The van der Waals surface area contributed by atoms with Crippen molar-refractivity contribution >= 4 is 5.78 Å².